The van der Waals surface area contributed by atoms with Crippen molar-refractivity contribution in [2.75, 3.05) is 19.0 Å². The van der Waals surface area contributed by atoms with Crippen LogP contribution in [0.3, 0.4) is 0 Å². The van der Waals surface area contributed by atoms with E-state index in [1.54, 1.807) is 6.08 Å². The van der Waals surface area contributed by atoms with Crippen LogP contribution in [0.5, 0.6) is 11.5 Å². The molecule has 0 bridgehead atoms. The molecule has 2 aromatic carbocycles. The summed E-state index contributed by atoms with van der Waals surface area (Å²) < 4.78 is 12.2. The predicted octanol–water partition coefficient (Wildman–Crippen LogP) is 10.6. The van der Waals surface area contributed by atoms with Crippen molar-refractivity contribution in [3.63, 3.8) is 0 Å². The monoisotopic (exact) mass is 538 g/mol. The number of thioether (sulfide) groups is 1. The van der Waals surface area contributed by atoms with Crippen molar-refractivity contribution in [2.24, 2.45) is 0 Å². The largest absolute Gasteiger partial charge is 0.493 e. The lowest BCUT2D eigenvalue weighted by atomic mass is 10.1. The number of hydrogen-bond acceptors (Lipinski definition) is 4. The highest BCUT2D eigenvalue weighted by Crippen LogP contribution is 2.25. The lowest BCUT2D eigenvalue weighted by molar-refractivity contribution is 0.104. The molecule has 0 aromatic heterocycles. The number of unbranched alkanes of at least 4 members (excludes halogenated alkanes) is 10. The molecule has 0 amide bonds. The molecule has 0 aliphatic carbocycles. The molecule has 0 aliphatic heterocycles. The second-order valence-corrected chi connectivity index (χ2v) is 11.2. The molecule has 0 N–H and O–H groups in total. The van der Waals surface area contributed by atoms with Crippen molar-refractivity contribution in [3.05, 3.63) is 59.7 Å². The first kappa shape index (κ1) is 32.0. The van der Waals surface area contributed by atoms with Crippen LogP contribution in [0, 0.1) is 0 Å². The molecule has 0 aliphatic rings. The van der Waals surface area contributed by atoms with Gasteiger partial charge in [-0.15, -0.1) is 11.8 Å². The van der Waals surface area contributed by atoms with E-state index in [0.717, 1.165) is 42.1 Å². The van der Waals surface area contributed by atoms with Crippen LogP contribution in [0.25, 0.3) is 6.08 Å². The Hall–Kier alpha value is -2.20. The van der Waals surface area contributed by atoms with Gasteiger partial charge in [0.25, 0.3) is 0 Å². The van der Waals surface area contributed by atoms with Crippen LogP contribution in [0.15, 0.2) is 53.4 Å². The van der Waals surface area contributed by atoms with E-state index in [9.17, 15) is 4.79 Å². The number of carbonyl (C=O) groups is 1. The van der Waals surface area contributed by atoms with Crippen LogP contribution in [-0.4, -0.2) is 24.7 Å². The lowest BCUT2D eigenvalue weighted by Crippen LogP contribution is -2.01. The van der Waals surface area contributed by atoms with E-state index < -0.39 is 0 Å². The number of benzene rings is 2. The number of ketones is 1. The molecule has 38 heavy (non-hydrogen) atoms. The molecule has 0 radical (unpaired) electrons. The summed E-state index contributed by atoms with van der Waals surface area (Å²) in [6.07, 6.45) is 19.5. The van der Waals surface area contributed by atoms with E-state index in [0.29, 0.717) is 18.8 Å². The fraction of sp³-hybridized carbons (Fsp3) is 0.559. The number of ether oxygens (including phenoxy) is 2. The summed E-state index contributed by atoms with van der Waals surface area (Å²) in [5.74, 6) is 2.71. The molecule has 0 fully saturated rings. The highest BCUT2D eigenvalue weighted by molar-refractivity contribution is 7.99. The van der Waals surface area contributed by atoms with Gasteiger partial charge in [-0.05, 0) is 73.1 Å². The summed E-state index contributed by atoms with van der Waals surface area (Å²) in [6.45, 7) is 8.08. The number of rotatable bonds is 22. The smallest absolute Gasteiger partial charge is 0.185 e. The molecule has 2 rings (SSSR count). The van der Waals surface area contributed by atoms with Crippen molar-refractivity contribution in [2.45, 2.75) is 109 Å². The quantitative estimate of drug-likeness (QED) is 0.0646. The summed E-state index contributed by atoms with van der Waals surface area (Å²) in [5, 5.41) is 0. The van der Waals surface area contributed by atoms with E-state index in [2.05, 4.69) is 20.8 Å². The molecule has 0 spiro atoms. The third-order valence-electron chi connectivity index (χ3n) is 6.47. The molecule has 210 valence electrons. The zero-order chi connectivity index (χ0) is 27.3. The van der Waals surface area contributed by atoms with Crippen LogP contribution in [0.4, 0.5) is 0 Å². The Kier molecular flexibility index (Phi) is 17.5. The molecular weight excluding hydrogens is 488 g/mol. The highest BCUT2D eigenvalue weighted by atomic mass is 32.2. The van der Waals surface area contributed by atoms with Gasteiger partial charge in [0.05, 0.1) is 13.2 Å². The van der Waals surface area contributed by atoms with Crippen molar-refractivity contribution >= 4 is 23.6 Å². The molecule has 4 heteroatoms. The van der Waals surface area contributed by atoms with Crippen LogP contribution >= 0.6 is 11.8 Å². The minimum atomic E-state index is 0.00462. The number of hydrogen-bond donors (Lipinski definition) is 0. The van der Waals surface area contributed by atoms with Gasteiger partial charge in [-0.3, -0.25) is 4.79 Å². The SMILES string of the molecule is CCCCCCCCOc1cc(C=CC(=O)c2ccc(SCCC)cc2)cc(OCCCCCCCC)c1. The van der Waals surface area contributed by atoms with Crippen molar-refractivity contribution in [1.82, 2.24) is 0 Å². The fourth-order valence-corrected chi connectivity index (χ4v) is 4.97. The Morgan fingerprint density at radius 2 is 1.21 bits per heavy atom. The Labute approximate surface area is 236 Å². The van der Waals surface area contributed by atoms with E-state index in [1.807, 2.05) is 60.3 Å². The lowest BCUT2D eigenvalue weighted by Gasteiger charge is -2.12. The summed E-state index contributed by atoms with van der Waals surface area (Å²) in [7, 11) is 0. The summed E-state index contributed by atoms with van der Waals surface area (Å²) in [6, 6.07) is 13.9. The van der Waals surface area contributed by atoms with Gasteiger partial charge >= 0.3 is 0 Å². The maximum Gasteiger partial charge on any atom is 0.185 e. The average molecular weight is 539 g/mol. The Morgan fingerprint density at radius 1 is 0.684 bits per heavy atom. The topological polar surface area (TPSA) is 35.5 Å². The molecule has 0 unspecified atom stereocenters. The second-order valence-electron chi connectivity index (χ2n) is 10.0. The van der Waals surface area contributed by atoms with Crippen LogP contribution < -0.4 is 9.47 Å². The normalized spacial score (nSPS) is 11.2. The van der Waals surface area contributed by atoms with Gasteiger partial charge in [0.15, 0.2) is 5.78 Å². The third-order valence-corrected chi connectivity index (χ3v) is 7.69. The first-order valence-corrected chi connectivity index (χ1v) is 16.0. The van der Waals surface area contributed by atoms with Gasteiger partial charge in [-0.1, -0.05) is 91.1 Å². The summed E-state index contributed by atoms with van der Waals surface area (Å²) >= 11 is 1.82. The zero-order valence-electron chi connectivity index (χ0n) is 24.1. The van der Waals surface area contributed by atoms with Gasteiger partial charge in [0.2, 0.25) is 0 Å². The Bertz CT molecular complexity index is 884. The second kappa shape index (κ2) is 20.7. The van der Waals surface area contributed by atoms with E-state index in [4.69, 9.17) is 9.47 Å². The van der Waals surface area contributed by atoms with E-state index in [-0.39, 0.29) is 5.78 Å². The minimum Gasteiger partial charge on any atom is -0.493 e. The van der Waals surface area contributed by atoms with Crippen molar-refractivity contribution in [1.29, 1.82) is 0 Å². The molecular formula is C34H50O3S. The first-order chi connectivity index (χ1) is 18.7. The van der Waals surface area contributed by atoms with E-state index in [1.165, 1.54) is 69.1 Å². The molecule has 0 heterocycles. The standard InChI is InChI=1S/C34H50O3S/c1-4-7-9-11-13-15-23-36-31-26-29(27-32(28-31)37-24-16-14-12-10-8-5-2)17-22-34(35)30-18-20-33(21-19-30)38-25-6-3/h17-22,26-28H,4-16,23-25H2,1-3H3. The highest BCUT2D eigenvalue weighted by Gasteiger charge is 2.06. The van der Waals surface area contributed by atoms with Crippen molar-refractivity contribution in [3.8, 4) is 11.5 Å². The molecule has 0 atom stereocenters. The van der Waals surface area contributed by atoms with Gasteiger partial charge in [-0.2, -0.15) is 0 Å². The van der Waals surface area contributed by atoms with Crippen LogP contribution in [0.2, 0.25) is 0 Å². The first-order valence-electron chi connectivity index (χ1n) is 15.0. The molecule has 3 nitrogen and oxygen atoms in total. The Balaban J connectivity index is 1.97. The number of carbonyl (C=O) groups excluding carboxylic acids is 1. The van der Waals surface area contributed by atoms with Gasteiger partial charge < -0.3 is 9.47 Å². The van der Waals surface area contributed by atoms with Gasteiger partial charge in [-0.25, -0.2) is 0 Å². The van der Waals surface area contributed by atoms with Gasteiger partial charge in [0.1, 0.15) is 11.5 Å². The summed E-state index contributed by atoms with van der Waals surface area (Å²) in [4.78, 5) is 14.0. The van der Waals surface area contributed by atoms with Crippen molar-refractivity contribution < 1.29 is 14.3 Å². The molecule has 2 aromatic rings. The average Bonchev–Trinajstić information content (AvgIpc) is 2.94. The minimum absolute atomic E-state index is 0.00462. The third kappa shape index (κ3) is 14.1. The zero-order valence-corrected chi connectivity index (χ0v) is 25.0. The summed E-state index contributed by atoms with van der Waals surface area (Å²) in [5.41, 5.74) is 1.63. The maximum atomic E-state index is 12.8. The maximum absolute atomic E-state index is 12.8. The number of allylic oxidation sites excluding steroid dienone is 1. The van der Waals surface area contributed by atoms with E-state index >= 15 is 0 Å². The fourth-order valence-electron chi connectivity index (χ4n) is 4.20. The molecule has 0 saturated carbocycles. The van der Waals surface area contributed by atoms with Gasteiger partial charge in [0, 0.05) is 16.5 Å². The predicted molar refractivity (Wildman–Crippen MR) is 165 cm³/mol. The molecule has 0 saturated heterocycles. The Morgan fingerprint density at radius 3 is 1.74 bits per heavy atom. The van der Waals surface area contributed by atoms with Crippen LogP contribution in [-0.2, 0) is 0 Å². The van der Waals surface area contributed by atoms with Crippen LogP contribution in [0.1, 0.15) is 120 Å².